The largest absolute Gasteiger partial charge is 1.00 e. The van der Waals surface area contributed by atoms with E-state index in [1.165, 1.54) is 22.7 Å². The van der Waals surface area contributed by atoms with E-state index in [9.17, 15) is 25.9 Å². The summed E-state index contributed by atoms with van der Waals surface area (Å²) in [4.78, 5) is 23.1. The molecule has 0 saturated carbocycles. The number of rotatable bonds is 7. The molecule has 0 aliphatic carbocycles. The minimum atomic E-state index is -4.62. The first-order chi connectivity index (χ1) is 33.0. The van der Waals surface area contributed by atoms with Gasteiger partial charge in [0.05, 0.1) is 60.9 Å². The Morgan fingerprint density at radius 3 is 0.972 bits per heavy atom. The smallest absolute Gasteiger partial charge is 0.744 e. The van der Waals surface area contributed by atoms with E-state index in [4.69, 9.17) is 21.4 Å². The Kier molecular flexibility index (Phi) is 14.5. The summed E-state index contributed by atoms with van der Waals surface area (Å²) in [5.74, 6) is 0. The number of aromatic nitrogens is 5. The van der Waals surface area contributed by atoms with Crippen molar-refractivity contribution in [2.45, 2.75) is 23.6 Å². The van der Waals surface area contributed by atoms with Gasteiger partial charge in [0, 0.05) is 39.2 Å². The van der Waals surface area contributed by atoms with Gasteiger partial charge in [-0.15, -0.1) is 56.7 Å². The van der Waals surface area contributed by atoms with Gasteiger partial charge < -0.3 is 20.6 Å². The van der Waals surface area contributed by atoms with Crippen LogP contribution in [0, 0.1) is 13.8 Å². The molecular weight excluding hydrogens is 1050 g/mol. The molecule has 13 nitrogen and oxygen atoms in total. The number of anilines is 2. The van der Waals surface area contributed by atoms with Crippen molar-refractivity contribution in [3.8, 4) is 52.9 Å². The minimum Gasteiger partial charge on any atom is -0.744 e. The third-order valence-electron chi connectivity index (χ3n) is 11.1. The van der Waals surface area contributed by atoms with E-state index in [2.05, 4.69) is 21.0 Å². The van der Waals surface area contributed by atoms with Crippen LogP contribution in [-0.4, -0.2) is 50.9 Å². The Bertz CT molecular complexity index is 4270. The molecule has 342 valence electrons. The molecule has 0 bridgehead atoms. The van der Waals surface area contributed by atoms with Crippen molar-refractivity contribution in [2.24, 2.45) is 0 Å². The van der Waals surface area contributed by atoms with Gasteiger partial charge in [-0.2, -0.15) is 0 Å². The van der Waals surface area contributed by atoms with Crippen molar-refractivity contribution >= 4 is 139 Å². The molecule has 0 aliphatic rings. The molecule has 12 aromatic rings. The Labute approximate surface area is 470 Å². The van der Waals surface area contributed by atoms with E-state index in [-0.39, 0.29) is 68.9 Å². The maximum Gasteiger partial charge on any atom is 1.00 e. The van der Waals surface area contributed by atoms with E-state index < -0.39 is 20.2 Å². The molecule has 0 atom stereocenters. The van der Waals surface area contributed by atoms with Gasteiger partial charge in [0.25, 0.3) is 0 Å². The summed E-state index contributed by atoms with van der Waals surface area (Å²) in [6.07, 6.45) is 0. The van der Waals surface area contributed by atoms with Gasteiger partial charge in [-0.3, -0.25) is 0 Å². The van der Waals surface area contributed by atoms with Crippen LogP contribution in [0.2, 0.25) is 0 Å². The predicted molar refractivity (Wildman–Crippen MR) is 280 cm³/mol. The summed E-state index contributed by atoms with van der Waals surface area (Å²) in [7, 11) is -9.21. The molecule has 0 aliphatic heterocycles. The van der Waals surface area contributed by atoms with Crippen LogP contribution in [0.1, 0.15) is 11.1 Å². The van der Waals surface area contributed by atoms with Gasteiger partial charge >= 0.3 is 59.1 Å². The van der Waals surface area contributed by atoms with Gasteiger partial charge in [0.1, 0.15) is 45.3 Å². The van der Waals surface area contributed by atoms with Gasteiger partial charge in [0.2, 0.25) is 0 Å². The Balaban J connectivity index is 0.000000177. The van der Waals surface area contributed by atoms with Crippen LogP contribution < -0.4 is 70.6 Å². The molecule has 0 spiro atoms. The van der Waals surface area contributed by atoms with Crippen molar-refractivity contribution in [2.75, 3.05) is 11.5 Å². The van der Waals surface area contributed by atoms with Crippen LogP contribution in [0.3, 0.4) is 0 Å². The molecule has 5 aromatic heterocycles. The first-order valence-electron chi connectivity index (χ1n) is 20.7. The average molecular weight is 1080 g/mol. The third kappa shape index (κ3) is 10.2. The van der Waals surface area contributed by atoms with E-state index in [0.717, 1.165) is 79.2 Å². The van der Waals surface area contributed by atoms with Gasteiger partial charge in [-0.25, -0.2) is 41.8 Å². The predicted octanol–water partition coefficient (Wildman–Crippen LogP) is 6.35. The second-order valence-electron chi connectivity index (χ2n) is 15.9. The average Bonchev–Trinajstić information content (AvgIpc) is 4.17. The van der Waals surface area contributed by atoms with Crippen molar-refractivity contribution in [1.29, 1.82) is 0 Å². The number of nitrogens with two attached hydrogens (primary N) is 2. The fourth-order valence-electron chi connectivity index (χ4n) is 7.80. The second-order valence-corrected chi connectivity index (χ2v) is 23.6. The quantitative estimate of drug-likeness (QED) is 0.101. The Morgan fingerprint density at radius 1 is 0.380 bits per heavy atom. The molecule has 22 heteroatoms. The number of hydrogen-bond donors (Lipinski definition) is 2. The number of hydrogen-bond acceptors (Lipinski definition) is 18. The molecule has 0 amide bonds. The normalized spacial score (nSPS) is 11.8. The molecule has 4 N–H and O–H groups in total. The number of benzene rings is 7. The van der Waals surface area contributed by atoms with Crippen molar-refractivity contribution in [3.05, 3.63) is 139 Å². The molecular formula is C49H31N7Na2O6S7. The standard InChI is InChI=1S/C28H18N4O3S4.C21H15N3O3S3.2Na/c1-14-2-9-21-24(25(14)39(33,34)35)38-28(32-21)17-6-11-20-23(13-17)37-27(31-20)16-5-10-19-22(12-16)36-26(30-19)15-3-7-18(29)8-4-15;1-11-2-8-16-18(19(11)30(25,26)27)29-21(24-16)13-5-9-15-17(10-13)28-20(23-15)12-3-6-14(22)7-4-12;;/h2-13H,29H2,1H3,(H,33,34,35);2-10H,22H2,1H3,(H,25,26,27);;/q;;2*+1/p-2. The van der Waals surface area contributed by atoms with Crippen molar-refractivity contribution < 1.29 is 85.1 Å². The van der Waals surface area contributed by atoms with Gasteiger partial charge in [0.15, 0.2) is 0 Å². The zero-order chi connectivity index (χ0) is 47.9. The van der Waals surface area contributed by atoms with Gasteiger partial charge in [-0.1, -0.05) is 12.1 Å². The van der Waals surface area contributed by atoms with Gasteiger partial charge in [-0.05, 0) is 140 Å². The summed E-state index contributed by atoms with van der Waals surface area (Å²) in [6.45, 7) is 3.24. The minimum absolute atomic E-state index is 0. The zero-order valence-electron chi connectivity index (χ0n) is 37.8. The fraction of sp³-hybridized carbons (Fsp3) is 0.0408. The fourth-order valence-corrected chi connectivity index (χ4v) is 15.4. The molecule has 0 radical (unpaired) electrons. The molecule has 0 fully saturated rings. The van der Waals surface area contributed by atoms with Crippen LogP contribution in [0.4, 0.5) is 11.4 Å². The molecule has 12 rings (SSSR count). The van der Waals surface area contributed by atoms with E-state index in [1.54, 1.807) is 72.1 Å². The molecule has 0 saturated heterocycles. The number of nitrogens with zero attached hydrogens (tertiary/aromatic N) is 5. The van der Waals surface area contributed by atoms with Crippen LogP contribution in [-0.2, 0) is 20.2 Å². The molecule has 71 heavy (non-hydrogen) atoms. The van der Waals surface area contributed by atoms with Crippen LogP contribution >= 0.6 is 56.7 Å². The summed E-state index contributed by atoms with van der Waals surface area (Å²) in [5, 5.41) is 4.03. The molecule has 0 unspecified atom stereocenters. The SMILES string of the molecule is Cc1ccc2nc(-c3ccc4nc(-c5ccc(N)cc5)sc4c3)sc2c1S(=O)(=O)[O-].Cc1ccc2nc(-c3ccc4nc(-c5ccc6nc(-c7ccc(N)cc7)sc6c5)sc4c3)sc2c1S(=O)(=O)[O-].[Na+].[Na+]. The second kappa shape index (κ2) is 20.0. The maximum atomic E-state index is 11.9. The van der Waals surface area contributed by atoms with Crippen LogP contribution in [0.5, 0.6) is 0 Å². The molecule has 7 aromatic carbocycles. The topological polar surface area (TPSA) is 231 Å². The van der Waals surface area contributed by atoms with Crippen LogP contribution in [0.25, 0.3) is 104 Å². The number of fused-ring (bicyclic) bond motifs is 5. The maximum absolute atomic E-state index is 11.9. The molecule has 5 heterocycles. The third-order valence-corrected chi connectivity index (χ3v) is 18.9. The number of thiazole rings is 5. The summed E-state index contributed by atoms with van der Waals surface area (Å²) in [6, 6.07) is 39.9. The van der Waals surface area contributed by atoms with Crippen molar-refractivity contribution in [1.82, 2.24) is 24.9 Å². The van der Waals surface area contributed by atoms with Crippen LogP contribution in [0.15, 0.2) is 137 Å². The zero-order valence-corrected chi connectivity index (χ0v) is 47.5. The van der Waals surface area contributed by atoms with E-state index in [1.807, 2.05) is 97.1 Å². The number of nitrogen functional groups attached to an aromatic ring is 2. The summed E-state index contributed by atoms with van der Waals surface area (Å²) in [5.41, 5.74) is 22.3. The van der Waals surface area contributed by atoms with Crippen molar-refractivity contribution in [3.63, 3.8) is 0 Å². The first-order valence-corrected chi connectivity index (χ1v) is 27.6. The number of aryl methyl sites for hydroxylation is 2. The summed E-state index contributed by atoms with van der Waals surface area (Å²) < 4.78 is 74.8. The van der Waals surface area contributed by atoms with E-state index in [0.29, 0.717) is 47.3 Å². The Hall–Kier alpha value is -4.59. The monoisotopic (exact) mass is 1080 g/mol. The Morgan fingerprint density at radius 2 is 0.648 bits per heavy atom. The first kappa shape index (κ1) is 51.3. The van der Waals surface area contributed by atoms with E-state index >= 15 is 0 Å². The summed E-state index contributed by atoms with van der Waals surface area (Å²) >= 11 is 7.20.